The van der Waals surface area contributed by atoms with Crippen LogP contribution in [0.25, 0.3) is 11.0 Å². The Morgan fingerprint density at radius 1 is 1.48 bits per heavy atom. The van der Waals surface area contributed by atoms with Crippen LogP contribution in [0, 0.1) is 6.92 Å². The Labute approximate surface area is 128 Å². The van der Waals surface area contributed by atoms with Crippen LogP contribution in [0.15, 0.2) is 22.6 Å². The molecule has 1 fully saturated rings. The summed E-state index contributed by atoms with van der Waals surface area (Å²) in [6, 6.07) is 5.81. The first-order valence-corrected chi connectivity index (χ1v) is 7.67. The maximum Gasteiger partial charge on any atom is 0.287 e. The third-order valence-electron chi connectivity index (χ3n) is 4.18. The molecule has 21 heavy (non-hydrogen) atoms. The highest BCUT2D eigenvalue weighted by molar-refractivity contribution is 6.31. The van der Waals surface area contributed by atoms with Crippen LogP contribution in [-0.2, 0) is 0 Å². The van der Waals surface area contributed by atoms with Gasteiger partial charge in [-0.2, -0.15) is 0 Å². The molecule has 0 saturated carbocycles. The molecule has 1 saturated heterocycles. The molecule has 2 heterocycles. The number of nitrogens with one attached hydrogen (secondary N) is 2. The van der Waals surface area contributed by atoms with E-state index in [1.54, 1.807) is 12.1 Å². The van der Waals surface area contributed by atoms with Crippen LogP contribution in [0.1, 0.15) is 35.9 Å². The van der Waals surface area contributed by atoms with Gasteiger partial charge >= 0.3 is 0 Å². The minimum Gasteiger partial charge on any atom is -0.451 e. The number of hydrogen-bond donors (Lipinski definition) is 2. The molecule has 0 aliphatic carbocycles. The van der Waals surface area contributed by atoms with E-state index in [1.807, 2.05) is 13.0 Å². The van der Waals surface area contributed by atoms with Crippen molar-refractivity contribution >= 4 is 28.5 Å². The van der Waals surface area contributed by atoms with Gasteiger partial charge in [0.05, 0.1) is 0 Å². The molecular weight excluding hydrogens is 288 g/mol. The maximum atomic E-state index is 12.5. The SMILES string of the molecule is Cc1c(C(=O)NC2CCCNC2C)oc2ccc(Cl)cc12. The van der Waals surface area contributed by atoms with E-state index in [9.17, 15) is 4.79 Å². The summed E-state index contributed by atoms with van der Waals surface area (Å²) < 4.78 is 5.70. The number of halogens is 1. The third-order valence-corrected chi connectivity index (χ3v) is 4.42. The Bertz CT molecular complexity index is 680. The van der Waals surface area contributed by atoms with Crippen molar-refractivity contribution in [2.24, 2.45) is 0 Å². The quantitative estimate of drug-likeness (QED) is 0.895. The number of carbonyl (C=O) groups excluding carboxylic acids is 1. The van der Waals surface area contributed by atoms with Gasteiger partial charge in [-0.25, -0.2) is 0 Å². The van der Waals surface area contributed by atoms with Gasteiger partial charge in [0.1, 0.15) is 5.58 Å². The van der Waals surface area contributed by atoms with E-state index >= 15 is 0 Å². The van der Waals surface area contributed by atoms with Crippen molar-refractivity contribution in [1.82, 2.24) is 10.6 Å². The molecule has 0 radical (unpaired) electrons. The van der Waals surface area contributed by atoms with Crippen molar-refractivity contribution in [2.75, 3.05) is 6.54 Å². The fourth-order valence-electron chi connectivity index (χ4n) is 2.88. The molecule has 3 rings (SSSR count). The lowest BCUT2D eigenvalue weighted by molar-refractivity contribution is 0.0893. The zero-order valence-corrected chi connectivity index (χ0v) is 13.0. The van der Waals surface area contributed by atoms with E-state index in [-0.39, 0.29) is 18.0 Å². The molecule has 4 nitrogen and oxygen atoms in total. The van der Waals surface area contributed by atoms with Crippen molar-refractivity contribution in [3.8, 4) is 0 Å². The Morgan fingerprint density at radius 3 is 3.05 bits per heavy atom. The van der Waals surface area contributed by atoms with Gasteiger partial charge in [0, 0.05) is 28.1 Å². The predicted octanol–water partition coefficient (Wildman–Crippen LogP) is 3.26. The summed E-state index contributed by atoms with van der Waals surface area (Å²) >= 11 is 6.00. The molecule has 2 atom stereocenters. The Hall–Kier alpha value is -1.52. The molecule has 0 bridgehead atoms. The van der Waals surface area contributed by atoms with E-state index in [0.29, 0.717) is 16.4 Å². The molecule has 5 heteroatoms. The van der Waals surface area contributed by atoms with Crippen LogP contribution >= 0.6 is 11.6 Å². The number of carbonyl (C=O) groups is 1. The number of fused-ring (bicyclic) bond motifs is 1. The first-order valence-electron chi connectivity index (χ1n) is 7.29. The van der Waals surface area contributed by atoms with Crippen molar-refractivity contribution in [2.45, 2.75) is 38.8 Å². The first kappa shape index (κ1) is 14.4. The first-order chi connectivity index (χ1) is 10.1. The van der Waals surface area contributed by atoms with E-state index in [0.717, 1.165) is 30.3 Å². The van der Waals surface area contributed by atoms with E-state index in [4.69, 9.17) is 16.0 Å². The molecule has 112 valence electrons. The highest BCUT2D eigenvalue weighted by Gasteiger charge is 2.25. The largest absolute Gasteiger partial charge is 0.451 e. The normalized spacial score (nSPS) is 22.4. The Kier molecular flexibility index (Phi) is 3.91. The number of piperidine rings is 1. The van der Waals surface area contributed by atoms with Crippen LogP contribution < -0.4 is 10.6 Å². The second-order valence-corrected chi connectivity index (χ2v) is 6.10. The third kappa shape index (κ3) is 2.78. The van der Waals surface area contributed by atoms with Gasteiger partial charge in [-0.15, -0.1) is 0 Å². The zero-order chi connectivity index (χ0) is 15.0. The zero-order valence-electron chi connectivity index (χ0n) is 12.2. The van der Waals surface area contributed by atoms with Crippen LogP contribution in [0.5, 0.6) is 0 Å². The second kappa shape index (κ2) is 5.70. The van der Waals surface area contributed by atoms with Crippen LogP contribution in [0.4, 0.5) is 0 Å². The second-order valence-electron chi connectivity index (χ2n) is 5.66. The van der Waals surface area contributed by atoms with Gasteiger partial charge < -0.3 is 15.1 Å². The summed E-state index contributed by atoms with van der Waals surface area (Å²) in [6.07, 6.45) is 2.06. The highest BCUT2D eigenvalue weighted by Crippen LogP contribution is 2.28. The lowest BCUT2D eigenvalue weighted by atomic mass is 9.99. The molecule has 1 aliphatic heterocycles. The van der Waals surface area contributed by atoms with Crippen LogP contribution in [-0.4, -0.2) is 24.5 Å². The van der Waals surface area contributed by atoms with Crippen molar-refractivity contribution in [1.29, 1.82) is 0 Å². The number of hydrogen-bond acceptors (Lipinski definition) is 3. The van der Waals surface area contributed by atoms with Gasteiger partial charge in [-0.3, -0.25) is 4.79 Å². The molecule has 1 aromatic carbocycles. The lowest BCUT2D eigenvalue weighted by Gasteiger charge is -2.30. The minimum absolute atomic E-state index is 0.141. The van der Waals surface area contributed by atoms with Crippen molar-refractivity contribution in [3.63, 3.8) is 0 Å². The van der Waals surface area contributed by atoms with Crippen LogP contribution in [0.2, 0.25) is 5.02 Å². The number of aryl methyl sites for hydroxylation is 1. The smallest absolute Gasteiger partial charge is 0.287 e. The predicted molar refractivity (Wildman–Crippen MR) is 83.9 cm³/mol. The van der Waals surface area contributed by atoms with Gasteiger partial charge in [-0.05, 0) is 51.4 Å². The summed E-state index contributed by atoms with van der Waals surface area (Å²) in [7, 11) is 0. The van der Waals surface area contributed by atoms with Gasteiger partial charge in [0.15, 0.2) is 5.76 Å². The standard InChI is InChI=1S/C16H19ClN2O2/c1-9-12-8-11(17)5-6-14(12)21-15(9)16(20)19-13-4-3-7-18-10(13)2/h5-6,8,10,13,18H,3-4,7H2,1-2H3,(H,19,20). The topological polar surface area (TPSA) is 54.3 Å². The van der Waals surface area contributed by atoms with Crippen LogP contribution in [0.3, 0.4) is 0 Å². The van der Waals surface area contributed by atoms with Gasteiger partial charge in [-0.1, -0.05) is 11.6 Å². The summed E-state index contributed by atoms with van der Waals surface area (Å²) in [4.78, 5) is 12.5. The Balaban J connectivity index is 1.86. The molecule has 2 N–H and O–H groups in total. The molecule has 0 spiro atoms. The molecule has 2 unspecified atom stereocenters. The summed E-state index contributed by atoms with van der Waals surface area (Å²) in [5.74, 6) is 0.227. The summed E-state index contributed by atoms with van der Waals surface area (Å²) in [5, 5.41) is 7.98. The fraction of sp³-hybridized carbons (Fsp3) is 0.438. The number of benzene rings is 1. The maximum absolute atomic E-state index is 12.5. The summed E-state index contributed by atoms with van der Waals surface area (Å²) in [6.45, 7) is 4.99. The monoisotopic (exact) mass is 306 g/mol. The fourth-order valence-corrected chi connectivity index (χ4v) is 3.06. The molecular formula is C16H19ClN2O2. The van der Waals surface area contributed by atoms with E-state index < -0.39 is 0 Å². The number of rotatable bonds is 2. The van der Waals surface area contributed by atoms with Gasteiger partial charge in [0.2, 0.25) is 0 Å². The Morgan fingerprint density at radius 2 is 2.29 bits per heavy atom. The average Bonchev–Trinajstić information content (AvgIpc) is 2.79. The lowest BCUT2D eigenvalue weighted by Crippen LogP contribution is -2.51. The summed E-state index contributed by atoms with van der Waals surface area (Å²) in [5.41, 5.74) is 1.53. The van der Waals surface area contributed by atoms with Crippen molar-refractivity contribution in [3.05, 3.63) is 34.5 Å². The molecule has 1 aliphatic rings. The van der Waals surface area contributed by atoms with E-state index in [1.165, 1.54) is 0 Å². The molecule has 1 amide bonds. The number of amides is 1. The van der Waals surface area contributed by atoms with Crippen molar-refractivity contribution < 1.29 is 9.21 Å². The highest BCUT2D eigenvalue weighted by atomic mass is 35.5. The minimum atomic E-state index is -0.152. The number of furan rings is 1. The molecule has 1 aromatic heterocycles. The average molecular weight is 307 g/mol. The van der Waals surface area contributed by atoms with Gasteiger partial charge in [0.25, 0.3) is 5.91 Å². The van der Waals surface area contributed by atoms with E-state index in [2.05, 4.69) is 17.6 Å². The molecule has 2 aromatic rings.